The third-order valence-electron chi connectivity index (χ3n) is 2.43. The molecular formula is C12H11FN2O2S. The number of nitrogens with two attached hydrogens (primary N) is 1. The van der Waals surface area contributed by atoms with Crippen LogP contribution in [-0.4, -0.2) is 11.1 Å². The molecule has 94 valence electrons. The van der Waals surface area contributed by atoms with E-state index in [4.69, 9.17) is 10.8 Å². The molecule has 0 radical (unpaired) electrons. The van der Waals surface area contributed by atoms with Crippen LogP contribution in [0.3, 0.4) is 0 Å². The van der Waals surface area contributed by atoms with Crippen molar-refractivity contribution in [3.05, 3.63) is 45.9 Å². The number of rotatable bonds is 4. The first-order valence-electron chi connectivity index (χ1n) is 5.16. The van der Waals surface area contributed by atoms with Crippen molar-refractivity contribution in [1.82, 2.24) is 0 Å². The molecule has 0 spiro atoms. The van der Waals surface area contributed by atoms with Crippen molar-refractivity contribution in [2.45, 2.75) is 6.54 Å². The number of carboxylic acid groups (broad SMARTS) is 1. The van der Waals surface area contributed by atoms with Crippen LogP contribution in [-0.2, 0) is 6.54 Å². The SMILES string of the molecule is Nc1ccsc1CNc1ccc(F)c(C(=O)O)c1. The van der Waals surface area contributed by atoms with Gasteiger partial charge in [-0.3, -0.25) is 0 Å². The smallest absolute Gasteiger partial charge is 0.338 e. The summed E-state index contributed by atoms with van der Waals surface area (Å²) in [6.45, 7) is 0.480. The van der Waals surface area contributed by atoms with E-state index in [-0.39, 0.29) is 5.56 Å². The van der Waals surface area contributed by atoms with Gasteiger partial charge in [0.1, 0.15) is 5.82 Å². The molecule has 0 aliphatic carbocycles. The first kappa shape index (κ1) is 12.4. The van der Waals surface area contributed by atoms with E-state index in [1.807, 2.05) is 5.38 Å². The second kappa shape index (κ2) is 5.05. The molecule has 4 nitrogen and oxygen atoms in total. The molecule has 4 N–H and O–H groups in total. The van der Waals surface area contributed by atoms with Crippen molar-refractivity contribution >= 4 is 28.7 Å². The van der Waals surface area contributed by atoms with Crippen molar-refractivity contribution in [3.63, 3.8) is 0 Å². The summed E-state index contributed by atoms with van der Waals surface area (Å²) in [5.74, 6) is -2.03. The number of thiophene rings is 1. The number of aromatic carboxylic acids is 1. The van der Waals surface area contributed by atoms with Crippen LogP contribution >= 0.6 is 11.3 Å². The van der Waals surface area contributed by atoms with Gasteiger partial charge in [-0.1, -0.05) is 0 Å². The Kier molecular flexibility index (Phi) is 3.47. The average Bonchev–Trinajstić information content (AvgIpc) is 2.73. The van der Waals surface area contributed by atoms with E-state index in [1.54, 1.807) is 6.07 Å². The molecule has 18 heavy (non-hydrogen) atoms. The molecule has 0 amide bonds. The Labute approximate surface area is 107 Å². The minimum Gasteiger partial charge on any atom is -0.478 e. The third kappa shape index (κ3) is 2.60. The highest BCUT2D eigenvalue weighted by Crippen LogP contribution is 2.21. The van der Waals surface area contributed by atoms with Crippen molar-refractivity contribution in [2.24, 2.45) is 0 Å². The zero-order valence-electron chi connectivity index (χ0n) is 9.31. The largest absolute Gasteiger partial charge is 0.478 e. The van der Waals surface area contributed by atoms with Gasteiger partial charge in [-0.05, 0) is 29.6 Å². The maximum Gasteiger partial charge on any atom is 0.338 e. The Bertz CT molecular complexity index is 583. The number of nitrogens with one attached hydrogen (secondary N) is 1. The molecule has 1 aromatic heterocycles. The Morgan fingerprint density at radius 3 is 2.83 bits per heavy atom. The number of halogens is 1. The van der Waals surface area contributed by atoms with Crippen LogP contribution in [0, 0.1) is 5.82 Å². The third-order valence-corrected chi connectivity index (χ3v) is 3.37. The fourth-order valence-electron chi connectivity index (χ4n) is 1.48. The number of hydrogen-bond acceptors (Lipinski definition) is 4. The van der Waals surface area contributed by atoms with Crippen LogP contribution in [0.25, 0.3) is 0 Å². The Morgan fingerprint density at radius 2 is 2.22 bits per heavy atom. The molecule has 1 aromatic carbocycles. The van der Waals surface area contributed by atoms with E-state index in [1.165, 1.54) is 23.5 Å². The second-order valence-corrected chi connectivity index (χ2v) is 4.65. The first-order chi connectivity index (χ1) is 8.58. The molecular weight excluding hydrogens is 255 g/mol. The number of carbonyl (C=O) groups is 1. The van der Waals surface area contributed by atoms with Crippen LogP contribution in [0.5, 0.6) is 0 Å². The Balaban J connectivity index is 2.13. The molecule has 2 aromatic rings. The topological polar surface area (TPSA) is 75.3 Å². The summed E-state index contributed by atoms with van der Waals surface area (Å²) in [5.41, 5.74) is 6.61. The number of anilines is 2. The van der Waals surface area contributed by atoms with Crippen LogP contribution in [0.1, 0.15) is 15.2 Å². The van der Waals surface area contributed by atoms with E-state index in [0.29, 0.717) is 17.9 Å². The predicted octanol–water partition coefficient (Wildman–Crippen LogP) is 2.78. The van der Waals surface area contributed by atoms with Crippen LogP contribution < -0.4 is 11.1 Å². The van der Waals surface area contributed by atoms with Crippen molar-refractivity contribution in [2.75, 3.05) is 11.1 Å². The lowest BCUT2D eigenvalue weighted by atomic mass is 10.2. The quantitative estimate of drug-likeness (QED) is 0.795. The summed E-state index contributed by atoms with van der Waals surface area (Å²) >= 11 is 1.50. The van der Waals surface area contributed by atoms with E-state index in [2.05, 4.69) is 5.32 Å². The molecule has 0 fully saturated rings. The van der Waals surface area contributed by atoms with Crippen LogP contribution in [0.2, 0.25) is 0 Å². The standard InChI is InChI=1S/C12H11FN2O2S/c13-9-2-1-7(5-8(9)12(16)17)15-6-11-10(14)3-4-18-11/h1-5,15H,6,14H2,(H,16,17). The van der Waals surface area contributed by atoms with Gasteiger partial charge in [-0.25, -0.2) is 9.18 Å². The van der Waals surface area contributed by atoms with Crippen LogP contribution in [0.15, 0.2) is 29.6 Å². The number of carboxylic acids is 1. The monoisotopic (exact) mass is 266 g/mol. The molecule has 0 saturated carbocycles. The van der Waals surface area contributed by atoms with Crippen molar-refractivity contribution in [1.29, 1.82) is 0 Å². The van der Waals surface area contributed by atoms with E-state index in [9.17, 15) is 9.18 Å². The highest BCUT2D eigenvalue weighted by atomic mass is 32.1. The summed E-state index contributed by atoms with van der Waals surface area (Å²) in [6, 6.07) is 5.69. The molecule has 0 saturated heterocycles. The molecule has 0 bridgehead atoms. The zero-order chi connectivity index (χ0) is 13.1. The number of hydrogen-bond donors (Lipinski definition) is 3. The summed E-state index contributed by atoms with van der Waals surface area (Å²) < 4.78 is 13.2. The van der Waals surface area contributed by atoms with Gasteiger partial charge in [0, 0.05) is 16.3 Å². The van der Waals surface area contributed by atoms with Gasteiger partial charge in [0.25, 0.3) is 0 Å². The van der Waals surface area contributed by atoms with Gasteiger partial charge in [0.05, 0.1) is 12.1 Å². The predicted molar refractivity (Wildman–Crippen MR) is 69.4 cm³/mol. The molecule has 2 rings (SSSR count). The summed E-state index contributed by atoms with van der Waals surface area (Å²) in [7, 11) is 0. The lowest BCUT2D eigenvalue weighted by Gasteiger charge is -2.07. The highest BCUT2D eigenvalue weighted by molar-refractivity contribution is 7.10. The van der Waals surface area contributed by atoms with Gasteiger partial charge in [-0.15, -0.1) is 11.3 Å². The summed E-state index contributed by atoms with van der Waals surface area (Å²) in [5, 5.41) is 13.7. The number of benzene rings is 1. The van der Waals surface area contributed by atoms with Gasteiger partial charge >= 0.3 is 5.97 Å². The van der Waals surface area contributed by atoms with E-state index >= 15 is 0 Å². The zero-order valence-corrected chi connectivity index (χ0v) is 10.1. The van der Waals surface area contributed by atoms with Gasteiger partial charge < -0.3 is 16.2 Å². The van der Waals surface area contributed by atoms with Gasteiger partial charge in [0.2, 0.25) is 0 Å². The maximum absolute atomic E-state index is 13.2. The fourth-order valence-corrected chi connectivity index (χ4v) is 2.21. The molecule has 0 aliphatic rings. The second-order valence-electron chi connectivity index (χ2n) is 3.65. The molecule has 0 aliphatic heterocycles. The molecule has 6 heteroatoms. The van der Waals surface area contributed by atoms with E-state index in [0.717, 1.165) is 10.9 Å². The fraction of sp³-hybridized carbons (Fsp3) is 0.0833. The summed E-state index contributed by atoms with van der Waals surface area (Å²) in [6.07, 6.45) is 0. The molecule has 0 unspecified atom stereocenters. The molecule has 1 heterocycles. The van der Waals surface area contributed by atoms with E-state index < -0.39 is 11.8 Å². The highest BCUT2D eigenvalue weighted by Gasteiger charge is 2.10. The van der Waals surface area contributed by atoms with Crippen LogP contribution in [0.4, 0.5) is 15.8 Å². The normalized spacial score (nSPS) is 10.3. The minimum absolute atomic E-state index is 0.348. The van der Waals surface area contributed by atoms with Crippen molar-refractivity contribution in [3.8, 4) is 0 Å². The summed E-state index contributed by atoms with van der Waals surface area (Å²) in [4.78, 5) is 11.7. The Morgan fingerprint density at radius 1 is 1.44 bits per heavy atom. The lowest BCUT2D eigenvalue weighted by molar-refractivity contribution is 0.0692. The van der Waals surface area contributed by atoms with Gasteiger partial charge in [-0.2, -0.15) is 0 Å². The lowest BCUT2D eigenvalue weighted by Crippen LogP contribution is -2.04. The Hall–Kier alpha value is -2.08. The maximum atomic E-state index is 13.2. The van der Waals surface area contributed by atoms with Crippen molar-refractivity contribution < 1.29 is 14.3 Å². The molecule has 0 atom stereocenters. The average molecular weight is 266 g/mol. The number of nitrogen functional groups attached to an aromatic ring is 1. The first-order valence-corrected chi connectivity index (χ1v) is 6.04. The van der Waals surface area contributed by atoms with Gasteiger partial charge in [0.15, 0.2) is 0 Å². The minimum atomic E-state index is -1.29.